The van der Waals surface area contributed by atoms with Gasteiger partial charge in [-0.2, -0.15) is 0 Å². The van der Waals surface area contributed by atoms with Crippen molar-refractivity contribution in [3.05, 3.63) is 23.8 Å². The van der Waals surface area contributed by atoms with E-state index in [1.807, 2.05) is 0 Å². The van der Waals surface area contributed by atoms with Crippen LogP contribution in [0.2, 0.25) is 0 Å². The van der Waals surface area contributed by atoms with E-state index in [0.29, 0.717) is 49.5 Å². The minimum Gasteiger partial charge on any atom is -0.497 e. The molecule has 7 nitrogen and oxygen atoms in total. The molecule has 2 saturated heterocycles. The van der Waals surface area contributed by atoms with Gasteiger partial charge in [0.25, 0.3) is 5.91 Å². The molecule has 0 radical (unpaired) electrons. The van der Waals surface area contributed by atoms with Crippen molar-refractivity contribution in [1.29, 1.82) is 0 Å². The number of nitrogens with zero attached hydrogens (tertiary/aromatic N) is 1. The van der Waals surface area contributed by atoms with Gasteiger partial charge < -0.3 is 24.4 Å². The van der Waals surface area contributed by atoms with Gasteiger partial charge in [-0.15, -0.1) is 0 Å². The first-order valence-corrected chi connectivity index (χ1v) is 9.52. The summed E-state index contributed by atoms with van der Waals surface area (Å²) in [5, 5.41) is 3.00. The van der Waals surface area contributed by atoms with Gasteiger partial charge in [0.1, 0.15) is 11.5 Å². The van der Waals surface area contributed by atoms with Crippen molar-refractivity contribution in [3.63, 3.8) is 0 Å². The molecule has 1 aromatic carbocycles. The lowest BCUT2D eigenvalue weighted by molar-refractivity contribution is -0.126. The second-order valence-corrected chi connectivity index (χ2v) is 7.05. The molecule has 0 aliphatic carbocycles. The third-order valence-corrected chi connectivity index (χ3v) is 5.28. The smallest absolute Gasteiger partial charge is 0.254 e. The van der Waals surface area contributed by atoms with Crippen molar-refractivity contribution in [3.8, 4) is 11.5 Å². The zero-order chi connectivity index (χ0) is 19.2. The molecule has 2 amide bonds. The second kappa shape index (κ2) is 9.08. The van der Waals surface area contributed by atoms with Gasteiger partial charge in [0.15, 0.2) is 0 Å². The fourth-order valence-electron chi connectivity index (χ4n) is 3.62. The molecule has 2 aliphatic rings. The zero-order valence-electron chi connectivity index (χ0n) is 16.0. The fourth-order valence-corrected chi connectivity index (χ4v) is 3.62. The van der Waals surface area contributed by atoms with Crippen molar-refractivity contribution in [1.82, 2.24) is 10.2 Å². The highest BCUT2D eigenvalue weighted by molar-refractivity contribution is 5.95. The van der Waals surface area contributed by atoms with Gasteiger partial charge in [0, 0.05) is 43.8 Å². The number of piperidine rings is 1. The molecule has 0 unspecified atom stereocenters. The highest BCUT2D eigenvalue weighted by atomic mass is 16.5. The number of hydrogen-bond donors (Lipinski definition) is 1. The number of carbonyl (C=O) groups excluding carboxylic acids is 2. The number of ether oxygens (including phenoxy) is 3. The van der Waals surface area contributed by atoms with Crippen LogP contribution in [-0.4, -0.2) is 63.3 Å². The van der Waals surface area contributed by atoms with E-state index in [4.69, 9.17) is 14.2 Å². The average Bonchev–Trinajstić information content (AvgIpc) is 3.24. The monoisotopic (exact) mass is 376 g/mol. The van der Waals surface area contributed by atoms with E-state index < -0.39 is 0 Å². The minimum absolute atomic E-state index is 0.0460. The quantitative estimate of drug-likeness (QED) is 0.820. The molecular formula is C20H28N2O5. The summed E-state index contributed by atoms with van der Waals surface area (Å²) in [5.41, 5.74) is 0.535. The molecule has 2 aliphatic heterocycles. The van der Waals surface area contributed by atoms with E-state index in [1.54, 1.807) is 37.3 Å². The zero-order valence-corrected chi connectivity index (χ0v) is 16.0. The standard InChI is InChI=1S/C20H28N2O5/c1-25-17-10-15(11-18(12-17)26-2)20(24)22-7-5-14(6-8-22)19(23)21-13-16-4-3-9-27-16/h10-12,14,16H,3-9,13H2,1-2H3,(H,21,23)/t16-/m1/s1. The van der Waals surface area contributed by atoms with Crippen LogP contribution in [0.5, 0.6) is 11.5 Å². The summed E-state index contributed by atoms with van der Waals surface area (Å²) in [6.07, 6.45) is 3.57. The Morgan fingerprint density at radius 1 is 1.11 bits per heavy atom. The van der Waals surface area contributed by atoms with Crippen molar-refractivity contribution in [2.75, 3.05) is 40.5 Å². The van der Waals surface area contributed by atoms with Gasteiger partial charge in [0.2, 0.25) is 5.91 Å². The predicted octanol–water partition coefficient (Wildman–Crippen LogP) is 1.85. The second-order valence-electron chi connectivity index (χ2n) is 7.05. The molecule has 2 heterocycles. The maximum absolute atomic E-state index is 12.8. The molecule has 1 atom stereocenters. The number of amides is 2. The highest BCUT2D eigenvalue weighted by Crippen LogP contribution is 2.25. The summed E-state index contributed by atoms with van der Waals surface area (Å²) in [6, 6.07) is 5.16. The van der Waals surface area contributed by atoms with Gasteiger partial charge in [-0.1, -0.05) is 0 Å². The van der Waals surface area contributed by atoms with Crippen LogP contribution in [0.1, 0.15) is 36.0 Å². The summed E-state index contributed by atoms with van der Waals surface area (Å²) in [5.74, 6) is 1.13. The van der Waals surface area contributed by atoms with Crippen LogP contribution in [-0.2, 0) is 9.53 Å². The summed E-state index contributed by atoms with van der Waals surface area (Å²) in [6.45, 7) is 2.50. The molecule has 148 valence electrons. The molecule has 7 heteroatoms. The summed E-state index contributed by atoms with van der Waals surface area (Å²) < 4.78 is 16.0. The predicted molar refractivity (Wildman–Crippen MR) is 100 cm³/mol. The number of carbonyl (C=O) groups is 2. The van der Waals surface area contributed by atoms with E-state index >= 15 is 0 Å². The van der Waals surface area contributed by atoms with Crippen LogP contribution in [0.25, 0.3) is 0 Å². The van der Waals surface area contributed by atoms with Crippen LogP contribution in [0, 0.1) is 5.92 Å². The Labute approximate surface area is 160 Å². The Morgan fingerprint density at radius 3 is 2.33 bits per heavy atom. The number of methoxy groups -OCH3 is 2. The molecule has 3 rings (SSSR count). The van der Waals surface area contributed by atoms with Gasteiger partial charge in [-0.3, -0.25) is 9.59 Å². The van der Waals surface area contributed by atoms with Crippen molar-refractivity contribution >= 4 is 11.8 Å². The fraction of sp³-hybridized carbons (Fsp3) is 0.600. The SMILES string of the molecule is COc1cc(OC)cc(C(=O)N2CCC(C(=O)NC[C@H]3CCCO3)CC2)c1. The third kappa shape index (κ3) is 4.91. The van der Waals surface area contributed by atoms with Crippen LogP contribution < -0.4 is 14.8 Å². The minimum atomic E-state index is -0.0644. The molecule has 0 bridgehead atoms. The van der Waals surface area contributed by atoms with E-state index in [1.165, 1.54) is 0 Å². The molecule has 1 N–H and O–H groups in total. The van der Waals surface area contributed by atoms with Gasteiger partial charge in [0.05, 0.1) is 20.3 Å². The Morgan fingerprint density at radius 2 is 1.78 bits per heavy atom. The first-order chi connectivity index (χ1) is 13.1. The Kier molecular flexibility index (Phi) is 6.55. The van der Waals surface area contributed by atoms with Gasteiger partial charge in [-0.05, 0) is 37.8 Å². The van der Waals surface area contributed by atoms with Crippen LogP contribution in [0.3, 0.4) is 0 Å². The van der Waals surface area contributed by atoms with Crippen molar-refractivity contribution in [2.24, 2.45) is 5.92 Å². The average molecular weight is 376 g/mol. The number of nitrogens with one attached hydrogen (secondary N) is 1. The number of likely N-dealkylation sites (tertiary alicyclic amines) is 1. The first-order valence-electron chi connectivity index (χ1n) is 9.52. The molecule has 2 fully saturated rings. The van der Waals surface area contributed by atoms with E-state index in [9.17, 15) is 9.59 Å². The maximum atomic E-state index is 12.8. The molecule has 27 heavy (non-hydrogen) atoms. The number of rotatable bonds is 6. The lowest BCUT2D eigenvalue weighted by atomic mass is 9.95. The highest BCUT2D eigenvalue weighted by Gasteiger charge is 2.28. The molecular weight excluding hydrogens is 348 g/mol. The van der Waals surface area contributed by atoms with Gasteiger partial charge >= 0.3 is 0 Å². The third-order valence-electron chi connectivity index (χ3n) is 5.28. The van der Waals surface area contributed by atoms with Crippen LogP contribution in [0.15, 0.2) is 18.2 Å². The molecule has 0 spiro atoms. The van der Waals surface area contributed by atoms with Gasteiger partial charge in [-0.25, -0.2) is 0 Å². The molecule has 0 aromatic heterocycles. The maximum Gasteiger partial charge on any atom is 0.254 e. The lowest BCUT2D eigenvalue weighted by Gasteiger charge is -2.31. The summed E-state index contributed by atoms with van der Waals surface area (Å²) >= 11 is 0. The van der Waals surface area contributed by atoms with Crippen LogP contribution in [0.4, 0.5) is 0 Å². The van der Waals surface area contributed by atoms with E-state index in [2.05, 4.69) is 5.32 Å². The molecule has 0 saturated carbocycles. The summed E-state index contributed by atoms with van der Waals surface area (Å²) in [4.78, 5) is 27.0. The summed E-state index contributed by atoms with van der Waals surface area (Å²) in [7, 11) is 3.12. The largest absolute Gasteiger partial charge is 0.497 e. The normalized spacial score (nSPS) is 20.4. The lowest BCUT2D eigenvalue weighted by Crippen LogP contribution is -2.44. The van der Waals surface area contributed by atoms with Crippen molar-refractivity contribution in [2.45, 2.75) is 31.8 Å². The Hall–Kier alpha value is -2.28. The van der Waals surface area contributed by atoms with Crippen molar-refractivity contribution < 1.29 is 23.8 Å². The molecule has 1 aromatic rings. The van der Waals surface area contributed by atoms with E-state index in [0.717, 1.165) is 19.4 Å². The van der Waals surface area contributed by atoms with E-state index in [-0.39, 0.29) is 23.8 Å². The number of benzene rings is 1. The Balaban J connectivity index is 1.52. The Bertz CT molecular complexity index is 642. The topological polar surface area (TPSA) is 77.1 Å². The number of hydrogen-bond acceptors (Lipinski definition) is 5. The first kappa shape index (κ1) is 19.5. The van der Waals surface area contributed by atoms with Crippen LogP contribution >= 0.6 is 0 Å².